The van der Waals surface area contributed by atoms with Crippen molar-refractivity contribution in [3.8, 4) is 5.75 Å². The zero-order chi connectivity index (χ0) is 14.7. The third kappa shape index (κ3) is 3.09. The molecule has 1 aliphatic rings. The number of rotatable bonds is 5. The Morgan fingerprint density at radius 1 is 1.45 bits per heavy atom. The molecule has 0 atom stereocenters. The van der Waals surface area contributed by atoms with Gasteiger partial charge in [0.05, 0.1) is 11.3 Å². The fourth-order valence-corrected chi connectivity index (χ4v) is 1.88. The van der Waals surface area contributed by atoms with Crippen molar-refractivity contribution in [2.45, 2.75) is 18.9 Å². The van der Waals surface area contributed by atoms with Crippen LogP contribution in [0.15, 0.2) is 30.9 Å². The molecule has 6 nitrogen and oxygen atoms in total. The minimum absolute atomic E-state index is 0.0364. The Bertz CT molecular complexity index is 552. The third-order valence-electron chi connectivity index (χ3n) is 3.06. The van der Waals surface area contributed by atoms with Gasteiger partial charge in [-0.05, 0) is 31.0 Å². The maximum atomic E-state index is 12.1. The van der Waals surface area contributed by atoms with Crippen LogP contribution in [0.5, 0.6) is 5.75 Å². The van der Waals surface area contributed by atoms with Gasteiger partial charge in [-0.3, -0.25) is 0 Å². The summed E-state index contributed by atoms with van der Waals surface area (Å²) in [6.45, 7) is 4.05. The zero-order valence-corrected chi connectivity index (χ0v) is 10.9. The Morgan fingerprint density at radius 2 is 2.15 bits per heavy atom. The number of nitrogens with zero attached hydrogens (tertiary/aromatic N) is 1. The second-order valence-electron chi connectivity index (χ2n) is 4.64. The highest BCUT2D eigenvalue weighted by molar-refractivity contribution is 5.94. The van der Waals surface area contributed by atoms with Crippen LogP contribution in [-0.4, -0.2) is 39.7 Å². The van der Waals surface area contributed by atoms with E-state index in [1.807, 2.05) is 0 Å². The topological polar surface area (TPSA) is 89.9 Å². The van der Waals surface area contributed by atoms with Gasteiger partial charge in [0.1, 0.15) is 5.75 Å². The van der Waals surface area contributed by atoms with E-state index in [2.05, 4.69) is 11.9 Å². The lowest BCUT2D eigenvalue weighted by molar-refractivity contribution is 0.0696. The molecule has 20 heavy (non-hydrogen) atoms. The molecule has 0 aliphatic heterocycles. The number of nitrogens with one attached hydrogen (secondary N) is 1. The minimum Gasteiger partial charge on any atom is -0.506 e. The van der Waals surface area contributed by atoms with Crippen molar-refractivity contribution in [2.24, 2.45) is 0 Å². The molecule has 0 saturated heterocycles. The van der Waals surface area contributed by atoms with Crippen LogP contribution in [0.4, 0.5) is 10.5 Å². The number of urea groups is 1. The predicted octanol–water partition coefficient (Wildman–Crippen LogP) is 2.27. The molecule has 0 aromatic heterocycles. The van der Waals surface area contributed by atoms with E-state index in [9.17, 15) is 14.7 Å². The van der Waals surface area contributed by atoms with E-state index < -0.39 is 5.97 Å². The average Bonchev–Trinajstić information content (AvgIpc) is 3.22. The summed E-state index contributed by atoms with van der Waals surface area (Å²) < 4.78 is 0. The number of phenolic OH excluding ortho intramolecular Hbond substituents is 1. The lowest BCUT2D eigenvalue weighted by Gasteiger charge is -2.21. The first-order valence-corrected chi connectivity index (χ1v) is 6.27. The van der Waals surface area contributed by atoms with Gasteiger partial charge in [-0.1, -0.05) is 6.08 Å². The van der Waals surface area contributed by atoms with E-state index in [1.54, 1.807) is 11.0 Å². The molecule has 0 spiro atoms. The monoisotopic (exact) mass is 276 g/mol. The first-order valence-electron chi connectivity index (χ1n) is 6.27. The molecular formula is C14H16N2O4. The van der Waals surface area contributed by atoms with Crippen molar-refractivity contribution in [3.63, 3.8) is 0 Å². The second-order valence-corrected chi connectivity index (χ2v) is 4.64. The van der Waals surface area contributed by atoms with Crippen LogP contribution in [0.25, 0.3) is 0 Å². The highest BCUT2D eigenvalue weighted by atomic mass is 16.4. The number of hydrogen-bond donors (Lipinski definition) is 3. The van der Waals surface area contributed by atoms with Gasteiger partial charge < -0.3 is 20.4 Å². The molecule has 0 unspecified atom stereocenters. The van der Waals surface area contributed by atoms with Gasteiger partial charge in [0.25, 0.3) is 0 Å². The van der Waals surface area contributed by atoms with Crippen LogP contribution >= 0.6 is 0 Å². The molecule has 2 rings (SSSR count). The quantitative estimate of drug-likeness (QED) is 0.568. The number of carboxylic acid groups (broad SMARTS) is 1. The summed E-state index contributed by atoms with van der Waals surface area (Å²) >= 11 is 0. The summed E-state index contributed by atoms with van der Waals surface area (Å²) in [4.78, 5) is 24.5. The number of amides is 2. The second kappa shape index (κ2) is 5.64. The molecule has 0 heterocycles. The van der Waals surface area contributed by atoms with Crippen LogP contribution in [0.1, 0.15) is 23.2 Å². The molecule has 1 aromatic carbocycles. The number of carbonyl (C=O) groups is 2. The van der Waals surface area contributed by atoms with Crippen molar-refractivity contribution in [2.75, 3.05) is 11.9 Å². The van der Waals surface area contributed by atoms with E-state index >= 15 is 0 Å². The predicted molar refractivity (Wildman–Crippen MR) is 74.0 cm³/mol. The lowest BCUT2D eigenvalue weighted by Crippen LogP contribution is -2.36. The molecule has 0 bridgehead atoms. The van der Waals surface area contributed by atoms with E-state index in [-0.39, 0.29) is 29.1 Å². The number of anilines is 1. The highest BCUT2D eigenvalue weighted by Gasteiger charge is 2.32. The van der Waals surface area contributed by atoms with E-state index in [1.165, 1.54) is 12.1 Å². The lowest BCUT2D eigenvalue weighted by atomic mass is 10.2. The summed E-state index contributed by atoms with van der Waals surface area (Å²) in [5.74, 6) is -1.41. The summed E-state index contributed by atoms with van der Waals surface area (Å²) in [5, 5.41) is 21.1. The van der Waals surface area contributed by atoms with Crippen LogP contribution in [0, 0.1) is 0 Å². The molecule has 1 saturated carbocycles. The average molecular weight is 276 g/mol. The number of benzene rings is 1. The van der Waals surface area contributed by atoms with Gasteiger partial charge in [-0.25, -0.2) is 9.59 Å². The molecule has 6 heteroatoms. The minimum atomic E-state index is -1.13. The van der Waals surface area contributed by atoms with Crippen molar-refractivity contribution in [3.05, 3.63) is 36.4 Å². The van der Waals surface area contributed by atoms with E-state index in [4.69, 9.17) is 5.11 Å². The number of phenols is 1. The summed E-state index contributed by atoms with van der Waals surface area (Å²) in [6.07, 6.45) is 3.57. The smallest absolute Gasteiger partial charge is 0.335 e. The van der Waals surface area contributed by atoms with Crippen molar-refractivity contribution in [1.82, 2.24) is 4.90 Å². The summed E-state index contributed by atoms with van der Waals surface area (Å²) in [5.41, 5.74) is 0.153. The van der Waals surface area contributed by atoms with Crippen LogP contribution in [-0.2, 0) is 0 Å². The van der Waals surface area contributed by atoms with E-state index in [0.717, 1.165) is 18.9 Å². The molecular weight excluding hydrogens is 260 g/mol. The maximum Gasteiger partial charge on any atom is 0.335 e. The van der Waals surface area contributed by atoms with E-state index in [0.29, 0.717) is 6.54 Å². The van der Waals surface area contributed by atoms with Gasteiger partial charge >= 0.3 is 12.0 Å². The first kappa shape index (κ1) is 13.9. The SMILES string of the molecule is C=CCN(C(=O)Nc1ccc(C(=O)O)cc1O)C1CC1. The third-order valence-corrected chi connectivity index (χ3v) is 3.06. The van der Waals surface area contributed by atoms with Crippen molar-refractivity contribution >= 4 is 17.7 Å². The van der Waals surface area contributed by atoms with Crippen LogP contribution in [0.2, 0.25) is 0 Å². The Balaban J connectivity index is 2.10. The highest BCUT2D eigenvalue weighted by Crippen LogP contribution is 2.29. The molecule has 0 radical (unpaired) electrons. The molecule has 1 aromatic rings. The standard InChI is InChI=1S/C14H16N2O4/c1-2-7-16(10-4-5-10)14(20)15-11-6-3-9(13(18)19)8-12(11)17/h2-3,6,8,10,17H,1,4-5,7H2,(H,15,20)(H,18,19). The number of carbonyl (C=O) groups excluding carboxylic acids is 1. The Hall–Kier alpha value is -2.50. The molecule has 2 amide bonds. The van der Waals surface area contributed by atoms with Gasteiger partial charge in [0.15, 0.2) is 0 Å². The summed E-state index contributed by atoms with van der Waals surface area (Å²) in [6, 6.07) is 3.69. The van der Waals surface area contributed by atoms with Crippen molar-refractivity contribution in [1.29, 1.82) is 0 Å². The van der Waals surface area contributed by atoms with Crippen LogP contribution in [0.3, 0.4) is 0 Å². The summed E-state index contributed by atoms with van der Waals surface area (Å²) in [7, 11) is 0. The first-order chi connectivity index (χ1) is 9.52. The normalized spacial score (nSPS) is 13.6. The Morgan fingerprint density at radius 3 is 2.65 bits per heavy atom. The van der Waals surface area contributed by atoms with Crippen LogP contribution < -0.4 is 5.32 Å². The Labute approximate surface area is 116 Å². The number of carboxylic acids is 1. The molecule has 106 valence electrons. The van der Waals surface area contributed by atoms with Gasteiger partial charge in [-0.2, -0.15) is 0 Å². The Kier molecular flexibility index (Phi) is 3.93. The van der Waals surface area contributed by atoms with Gasteiger partial charge in [-0.15, -0.1) is 6.58 Å². The molecule has 1 aliphatic carbocycles. The maximum absolute atomic E-state index is 12.1. The van der Waals surface area contributed by atoms with Crippen molar-refractivity contribution < 1.29 is 19.8 Å². The van der Waals surface area contributed by atoms with Gasteiger partial charge in [0.2, 0.25) is 0 Å². The fraction of sp³-hybridized carbons (Fsp3) is 0.286. The zero-order valence-electron chi connectivity index (χ0n) is 10.9. The largest absolute Gasteiger partial charge is 0.506 e. The number of hydrogen-bond acceptors (Lipinski definition) is 3. The molecule has 3 N–H and O–H groups in total. The number of aromatic carboxylic acids is 1. The molecule has 1 fully saturated rings. The van der Waals surface area contributed by atoms with Gasteiger partial charge in [0, 0.05) is 12.6 Å². The number of aromatic hydroxyl groups is 1. The fourth-order valence-electron chi connectivity index (χ4n) is 1.88.